The first kappa shape index (κ1) is 15.7. The van der Waals surface area contributed by atoms with Crippen LogP contribution >= 0.6 is 0 Å². The third kappa shape index (κ3) is 3.78. The molecule has 0 saturated carbocycles. The zero-order valence-electron chi connectivity index (χ0n) is 13.1. The third-order valence-electron chi connectivity index (χ3n) is 3.46. The molecule has 1 amide bonds. The van der Waals surface area contributed by atoms with Crippen LogP contribution < -0.4 is 5.32 Å². The molecule has 3 rings (SSSR count). The van der Waals surface area contributed by atoms with Gasteiger partial charge in [0, 0.05) is 11.6 Å². The Morgan fingerprint density at radius 3 is 2.67 bits per heavy atom. The summed E-state index contributed by atoms with van der Waals surface area (Å²) < 4.78 is 9.90. The molecule has 1 N–H and O–H groups in total. The van der Waals surface area contributed by atoms with E-state index in [1.54, 1.807) is 25.1 Å². The maximum absolute atomic E-state index is 12.1. The van der Waals surface area contributed by atoms with Crippen LogP contribution in [0.15, 0.2) is 53.1 Å². The number of carbonyl (C=O) groups excluding carboxylic acids is 2. The molecule has 0 bridgehead atoms. The smallest absolute Gasteiger partial charge is 0.325 e. The molecule has 1 heterocycles. The molecule has 0 radical (unpaired) electrons. The topological polar surface area (TPSA) is 81.4 Å². The quantitative estimate of drug-likeness (QED) is 0.730. The van der Waals surface area contributed by atoms with Gasteiger partial charge in [-0.3, -0.25) is 9.59 Å². The highest BCUT2D eigenvalue weighted by atomic mass is 16.5. The first-order valence-electron chi connectivity index (χ1n) is 7.46. The summed E-state index contributed by atoms with van der Waals surface area (Å²) in [5, 5.41) is 8.29. The second-order valence-electron chi connectivity index (χ2n) is 5.33. The Labute approximate surface area is 138 Å². The summed E-state index contributed by atoms with van der Waals surface area (Å²) in [5.74, 6) is -0.217. The van der Waals surface area contributed by atoms with Crippen LogP contribution in [0, 0.1) is 6.92 Å². The highest BCUT2D eigenvalue weighted by Gasteiger charge is 2.10. The van der Waals surface area contributed by atoms with E-state index in [2.05, 4.69) is 10.5 Å². The van der Waals surface area contributed by atoms with E-state index in [0.717, 1.165) is 10.8 Å². The minimum Gasteiger partial charge on any atom is -0.458 e. The fourth-order valence-corrected chi connectivity index (χ4v) is 2.28. The van der Waals surface area contributed by atoms with Crippen LogP contribution in [0.2, 0.25) is 0 Å². The van der Waals surface area contributed by atoms with Crippen molar-refractivity contribution in [1.29, 1.82) is 0 Å². The molecule has 0 unspecified atom stereocenters. The number of carbonyl (C=O) groups is 2. The van der Waals surface area contributed by atoms with Crippen LogP contribution in [-0.2, 0) is 16.1 Å². The summed E-state index contributed by atoms with van der Waals surface area (Å²) in [6.45, 7) is 1.56. The average Bonchev–Trinajstić information content (AvgIpc) is 3.02. The number of amides is 1. The van der Waals surface area contributed by atoms with E-state index in [4.69, 9.17) is 9.26 Å². The molecule has 0 aliphatic rings. The molecule has 0 aliphatic heterocycles. The molecule has 3 aromatic rings. The van der Waals surface area contributed by atoms with E-state index in [1.165, 1.54) is 0 Å². The van der Waals surface area contributed by atoms with Crippen molar-refractivity contribution in [3.63, 3.8) is 0 Å². The van der Waals surface area contributed by atoms with Gasteiger partial charge in [-0.05, 0) is 29.8 Å². The maximum Gasteiger partial charge on any atom is 0.325 e. The molecule has 24 heavy (non-hydrogen) atoms. The van der Waals surface area contributed by atoms with Crippen LogP contribution in [0.5, 0.6) is 0 Å². The Bertz CT molecular complexity index is 885. The summed E-state index contributed by atoms with van der Waals surface area (Å²) in [4.78, 5) is 23.8. The second kappa shape index (κ2) is 6.95. The Kier molecular flexibility index (Phi) is 4.56. The van der Waals surface area contributed by atoms with Gasteiger partial charge in [-0.2, -0.15) is 0 Å². The molecule has 6 nitrogen and oxygen atoms in total. The predicted octanol–water partition coefficient (Wildman–Crippen LogP) is 2.61. The van der Waals surface area contributed by atoms with Crippen molar-refractivity contribution in [3.8, 4) is 0 Å². The number of aryl methyl sites for hydroxylation is 1. The van der Waals surface area contributed by atoms with E-state index in [-0.39, 0.29) is 19.1 Å². The third-order valence-corrected chi connectivity index (χ3v) is 3.46. The Morgan fingerprint density at radius 1 is 1.12 bits per heavy atom. The van der Waals surface area contributed by atoms with Gasteiger partial charge in [0.25, 0.3) is 5.91 Å². The molecule has 0 saturated heterocycles. The molecule has 0 aliphatic carbocycles. The lowest BCUT2D eigenvalue weighted by atomic mass is 10.1. The Balaban J connectivity index is 1.53. The van der Waals surface area contributed by atoms with Crippen molar-refractivity contribution >= 4 is 22.6 Å². The SMILES string of the molecule is Cc1cc(COC(=O)CNC(=O)c2ccc3ccccc3c2)no1. The first-order chi connectivity index (χ1) is 11.6. The summed E-state index contributed by atoms with van der Waals surface area (Å²) in [6.07, 6.45) is 0. The summed E-state index contributed by atoms with van der Waals surface area (Å²) in [7, 11) is 0. The van der Waals surface area contributed by atoms with Crippen LogP contribution in [-0.4, -0.2) is 23.6 Å². The minimum absolute atomic E-state index is 0.0159. The van der Waals surface area contributed by atoms with Gasteiger partial charge in [0.1, 0.15) is 24.6 Å². The number of ether oxygens (including phenoxy) is 1. The molecule has 2 aromatic carbocycles. The van der Waals surface area contributed by atoms with Gasteiger partial charge in [0.15, 0.2) is 0 Å². The highest BCUT2D eigenvalue weighted by Crippen LogP contribution is 2.15. The maximum atomic E-state index is 12.1. The fraction of sp³-hybridized carbons (Fsp3) is 0.167. The number of esters is 1. The molecule has 0 atom stereocenters. The lowest BCUT2D eigenvalue weighted by Crippen LogP contribution is -2.30. The number of benzene rings is 2. The second-order valence-corrected chi connectivity index (χ2v) is 5.33. The van der Waals surface area contributed by atoms with Gasteiger partial charge in [-0.1, -0.05) is 35.5 Å². The van der Waals surface area contributed by atoms with Gasteiger partial charge in [0.2, 0.25) is 0 Å². The van der Waals surface area contributed by atoms with Crippen LogP contribution in [0.3, 0.4) is 0 Å². The van der Waals surface area contributed by atoms with E-state index < -0.39 is 5.97 Å². The molecule has 1 aromatic heterocycles. The Morgan fingerprint density at radius 2 is 1.92 bits per heavy atom. The number of hydrogen-bond acceptors (Lipinski definition) is 5. The van der Waals surface area contributed by atoms with E-state index in [0.29, 0.717) is 17.0 Å². The fourth-order valence-electron chi connectivity index (χ4n) is 2.28. The molecule has 0 spiro atoms. The van der Waals surface area contributed by atoms with Crippen molar-refractivity contribution < 1.29 is 18.8 Å². The lowest BCUT2D eigenvalue weighted by Gasteiger charge is -2.06. The number of aromatic nitrogens is 1. The van der Waals surface area contributed by atoms with Crippen LogP contribution in [0.25, 0.3) is 10.8 Å². The Hall–Kier alpha value is -3.15. The summed E-state index contributed by atoms with van der Waals surface area (Å²) in [6, 6.07) is 14.8. The molecule has 122 valence electrons. The summed E-state index contributed by atoms with van der Waals surface area (Å²) in [5.41, 5.74) is 1.02. The van der Waals surface area contributed by atoms with Crippen molar-refractivity contribution in [3.05, 3.63) is 65.5 Å². The normalized spacial score (nSPS) is 10.5. The monoisotopic (exact) mass is 324 g/mol. The zero-order valence-corrected chi connectivity index (χ0v) is 13.1. The molecular formula is C18H16N2O4. The molecule has 6 heteroatoms. The van der Waals surface area contributed by atoms with E-state index in [1.807, 2.05) is 30.3 Å². The van der Waals surface area contributed by atoms with E-state index in [9.17, 15) is 9.59 Å². The number of nitrogens with zero attached hydrogens (tertiary/aromatic N) is 1. The van der Waals surface area contributed by atoms with Crippen LogP contribution in [0.4, 0.5) is 0 Å². The zero-order chi connectivity index (χ0) is 16.9. The standard InChI is InChI=1S/C18H16N2O4/c1-12-8-16(20-24-12)11-23-17(21)10-19-18(22)15-7-6-13-4-2-3-5-14(13)9-15/h2-9H,10-11H2,1H3,(H,19,22). The van der Waals surface area contributed by atoms with Crippen LogP contribution in [0.1, 0.15) is 21.8 Å². The molecular weight excluding hydrogens is 308 g/mol. The summed E-state index contributed by atoms with van der Waals surface area (Å²) >= 11 is 0. The van der Waals surface area contributed by atoms with Gasteiger partial charge in [-0.25, -0.2) is 0 Å². The van der Waals surface area contributed by atoms with Gasteiger partial charge >= 0.3 is 5.97 Å². The first-order valence-corrected chi connectivity index (χ1v) is 7.46. The number of nitrogens with one attached hydrogen (secondary N) is 1. The van der Waals surface area contributed by atoms with E-state index >= 15 is 0 Å². The predicted molar refractivity (Wildman–Crippen MR) is 87.3 cm³/mol. The van der Waals surface area contributed by atoms with Crippen molar-refractivity contribution in [2.75, 3.05) is 6.54 Å². The highest BCUT2D eigenvalue weighted by molar-refractivity contribution is 5.99. The van der Waals surface area contributed by atoms with Gasteiger partial charge in [0.05, 0.1) is 0 Å². The number of fused-ring (bicyclic) bond motifs is 1. The van der Waals surface area contributed by atoms with Gasteiger partial charge in [-0.15, -0.1) is 0 Å². The number of rotatable bonds is 5. The average molecular weight is 324 g/mol. The largest absolute Gasteiger partial charge is 0.458 e. The van der Waals surface area contributed by atoms with Crippen molar-refractivity contribution in [2.24, 2.45) is 0 Å². The van der Waals surface area contributed by atoms with Crippen molar-refractivity contribution in [2.45, 2.75) is 13.5 Å². The minimum atomic E-state index is -0.537. The van der Waals surface area contributed by atoms with Crippen molar-refractivity contribution in [1.82, 2.24) is 10.5 Å². The number of hydrogen-bond donors (Lipinski definition) is 1. The molecule has 0 fully saturated rings. The lowest BCUT2D eigenvalue weighted by molar-refractivity contribution is -0.143. The van der Waals surface area contributed by atoms with Gasteiger partial charge < -0.3 is 14.6 Å².